The molecule has 0 aliphatic carbocycles. The number of imidazole rings is 1. The molecule has 0 unspecified atom stereocenters. The van der Waals surface area contributed by atoms with Crippen LogP contribution in [-0.2, 0) is 17.9 Å². The van der Waals surface area contributed by atoms with E-state index in [9.17, 15) is 4.79 Å². The maximum absolute atomic E-state index is 10.5. The number of ether oxygens (including phenoxy) is 1. The Bertz CT molecular complexity index is 872. The van der Waals surface area contributed by atoms with Crippen molar-refractivity contribution in [1.29, 1.82) is 0 Å². The SMILES string of the molecule is Cc1cccn2cc(COc3ccc(CNCCCC(=O)O)cc3)nc12. The number of benzene rings is 1. The van der Waals surface area contributed by atoms with Crippen LogP contribution in [0, 0.1) is 6.92 Å². The van der Waals surface area contributed by atoms with E-state index in [1.165, 1.54) is 0 Å². The molecule has 3 rings (SSSR count). The third kappa shape index (κ3) is 4.83. The molecule has 6 heteroatoms. The molecule has 26 heavy (non-hydrogen) atoms. The Balaban J connectivity index is 1.47. The Kier molecular flexibility index (Phi) is 5.86. The molecule has 0 amide bonds. The van der Waals surface area contributed by atoms with Gasteiger partial charge in [-0.25, -0.2) is 4.98 Å². The Hall–Kier alpha value is -2.86. The van der Waals surface area contributed by atoms with Crippen LogP contribution in [0.1, 0.15) is 29.7 Å². The highest BCUT2D eigenvalue weighted by molar-refractivity contribution is 5.66. The number of carboxylic acid groups (broad SMARTS) is 1. The average Bonchev–Trinajstić information content (AvgIpc) is 3.05. The quantitative estimate of drug-likeness (QED) is 0.578. The van der Waals surface area contributed by atoms with E-state index in [0.29, 0.717) is 26.1 Å². The molecule has 0 saturated carbocycles. The monoisotopic (exact) mass is 353 g/mol. The van der Waals surface area contributed by atoms with Crippen LogP contribution in [0.5, 0.6) is 5.75 Å². The smallest absolute Gasteiger partial charge is 0.303 e. The second-order valence-corrected chi connectivity index (χ2v) is 6.26. The molecular formula is C20H23N3O3. The number of hydrogen-bond acceptors (Lipinski definition) is 4. The average molecular weight is 353 g/mol. The van der Waals surface area contributed by atoms with Crippen LogP contribution >= 0.6 is 0 Å². The van der Waals surface area contributed by atoms with E-state index in [2.05, 4.69) is 10.3 Å². The third-order valence-corrected chi connectivity index (χ3v) is 4.11. The summed E-state index contributed by atoms with van der Waals surface area (Å²) in [6.45, 7) is 3.87. The summed E-state index contributed by atoms with van der Waals surface area (Å²) in [7, 11) is 0. The van der Waals surface area contributed by atoms with Gasteiger partial charge in [0.2, 0.25) is 0 Å². The summed E-state index contributed by atoms with van der Waals surface area (Å²) in [6, 6.07) is 11.9. The van der Waals surface area contributed by atoms with Crippen LogP contribution in [-0.4, -0.2) is 27.0 Å². The van der Waals surface area contributed by atoms with Gasteiger partial charge in [-0.2, -0.15) is 0 Å². The first-order valence-corrected chi connectivity index (χ1v) is 8.69. The highest BCUT2D eigenvalue weighted by Crippen LogP contribution is 2.15. The fourth-order valence-corrected chi connectivity index (χ4v) is 2.73. The molecule has 2 N–H and O–H groups in total. The number of fused-ring (bicyclic) bond motifs is 1. The Labute approximate surface area is 152 Å². The van der Waals surface area contributed by atoms with Gasteiger partial charge in [0.05, 0.1) is 5.69 Å². The largest absolute Gasteiger partial charge is 0.487 e. The Morgan fingerprint density at radius 3 is 2.81 bits per heavy atom. The molecule has 2 heterocycles. The van der Waals surface area contributed by atoms with Gasteiger partial charge in [-0.15, -0.1) is 0 Å². The fourth-order valence-electron chi connectivity index (χ4n) is 2.73. The molecule has 0 atom stereocenters. The van der Waals surface area contributed by atoms with E-state index in [1.54, 1.807) is 0 Å². The van der Waals surface area contributed by atoms with Crippen molar-refractivity contribution in [2.24, 2.45) is 0 Å². The van der Waals surface area contributed by atoms with Gasteiger partial charge in [-0.3, -0.25) is 4.79 Å². The predicted octanol–water partition coefficient (Wildman–Crippen LogP) is 3.18. The zero-order chi connectivity index (χ0) is 18.4. The number of hydrogen-bond donors (Lipinski definition) is 2. The summed E-state index contributed by atoms with van der Waals surface area (Å²) in [5.41, 5.74) is 4.12. The van der Waals surface area contributed by atoms with E-state index < -0.39 is 5.97 Å². The van der Waals surface area contributed by atoms with Crippen molar-refractivity contribution < 1.29 is 14.6 Å². The van der Waals surface area contributed by atoms with E-state index in [0.717, 1.165) is 28.2 Å². The van der Waals surface area contributed by atoms with E-state index in [4.69, 9.17) is 9.84 Å². The Morgan fingerprint density at radius 1 is 1.27 bits per heavy atom. The van der Waals surface area contributed by atoms with Crippen molar-refractivity contribution in [2.75, 3.05) is 6.54 Å². The molecule has 0 saturated heterocycles. The normalized spacial score (nSPS) is 11.0. The van der Waals surface area contributed by atoms with Crippen molar-refractivity contribution in [1.82, 2.24) is 14.7 Å². The lowest BCUT2D eigenvalue weighted by Gasteiger charge is -2.07. The molecule has 1 aromatic carbocycles. The van der Waals surface area contributed by atoms with Crippen LogP contribution in [0.2, 0.25) is 0 Å². The van der Waals surface area contributed by atoms with Gasteiger partial charge in [0.25, 0.3) is 0 Å². The van der Waals surface area contributed by atoms with Crippen LogP contribution in [0.15, 0.2) is 48.8 Å². The molecule has 3 aromatic rings. The van der Waals surface area contributed by atoms with Gasteiger partial charge >= 0.3 is 5.97 Å². The van der Waals surface area contributed by atoms with Gasteiger partial charge in [-0.1, -0.05) is 18.2 Å². The predicted molar refractivity (Wildman–Crippen MR) is 99.3 cm³/mol. The summed E-state index contributed by atoms with van der Waals surface area (Å²) in [6.07, 6.45) is 4.80. The van der Waals surface area contributed by atoms with Crippen molar-refractivity contribution in [3.63, 3.8) is 0 Å². The summed E-state index contributed by atoms with van der Waals surface area (Å²) in [5.74, 6) is 0.0440. The molecule has 0 fully saturated rings. The highest BCUT2D eigenvalue weighted by Gasteiger charge is 2.05. The maximum Gasteiger partial charge on any atom is 0.303 e. The second kappa shape index (κ2) is 8.49. The molecule has 0 aliphatic rings. The first kappa shape index (κ1) is 17.9. The number of carboxylic acids is 1. The van der Waals surface area contributed by atoms with Crippen LogP contribution < -0.4 is 10.1 Å². The van der Waals surface area contributed by atoms with Crippen LogP contribution in [0.3, 0.4) is 0 Å². The number of aryl methyl sites for hydroxylation is 1. The van der Waals surface area contributed by atoms with Crippen molar-refractivity contribution in [3.8, 4) is 5.75 Å². The number of aromatic nitrogens is 2. The van der Waals surface area contributed by atoms with Crippen LogP contribution in [0.25, 0.3) is 5.65 Å². The van der Waals surface area contributed by atoms with Crippen molar-refractivity contribution in [2.45, 2.75) is 32.9 Å². The maximum atomic E-state index is 10.5. The molecule has 0 spiro atoms. The number of rotatable bonds is 9. The van der Waals surface area contributed by atoms with E-state index in [-0.39, 0.29) is 6.42 Å². The molecule has 0 aliphatic heterocycles. The molecule has 0 bridgehead atoms. The molecular weight excluding hydrogens is 330 g/mol. The van der Waals surface area contributed by atoms with Crippen molar-refractivity contribution >= 4 is 11.6 Å². The number of pyridine rings is 1. The second-order valence-electron chi connectivity index (χ2n) is 6.26. The minimum atomic E-state index is -0.755. The number of nitrogens with zero attached hydrogens (tertiary/aromatic N) is 2. The highest BCUT2D eigenvalue weighted by atomic mass is 16.5. The third-order valence-electron chi connectivity index (χ3n) is 4.11. The topological polar surface area (TPSA) is 75.9 Å². The van der Waals surface area contributed by atoms with E-state index in [1.807, 2.05) is 60.1 Å². The van der Waals surface area contributed by atoms with Gasteiger partial charge in [0.15, 0.2) is 0 Å². The number of carbonyl (C=O) groups is 1. The molecule has 136 valence electrons. The molecule has 6 nitrogen and oxygen atoms in total. The van der Waals surface area contributed by atoms with E-state index >= 15 is 0 Å². The number of aliphatic carboxylic acids is 1. The van der Waals surface area contributed by atoms with Gasteiger partial charge in [0.1, 0.15) is 18.0 Å². The minimum Gasteiger partial charge on any atom is -0.487 e. The zero-order valence-electron chi connectivity index (χ0n) is 14.8. The number of nitrogens with one attached hydrogen (secondary N) is 1. The van der Waals surface area contributed by atoms with Gasteiger partial charge in [0, 0.05) is 25.4 Å². The lowest BCUT2D eigenvalue weighted by Crippen LogP contribution is -2.15. The lowest BCUT2D eigenvalue weighted by atomic mass is 10.2. The first-order chi connectivity index (χ1) is 12.6. The summed E-state index contributed by atoms with van der Waals surface area (Å²) >= 11 is 0. The van der Waals surface area contributed by atoms with Gasteiger partial charge < -0.3 is 19.6 Å². The zero-order valence-corrected chi connectivity index (χ0v) is 14.8. The molecule has 2 aromatic heterocycles. The molecule has 0 radical (unpaired) electrons. The lowest BCUT2D eigenvalue weighted by molar-refractivity contribution is -0.137. The standard InChI is InChI=1S/C20H23N3O3/c1-15-4-3-11-23-13-17(22-20(15)23)14-26-18-8-6-16(7-9-18)12-21-10-2-5-19(24)25/h3-4,6-9,11,13,21H,2,5,10,12,14H2,1H3,(H,24,25). The van der Waals surface area contributed by atoms with Crippen LogP contribution in [0.4, 0.5) is 0 Å². The first-order valence-electron chi connectivity index (χ1n) is 8.69. The Morgan fingerprint density at radius 2 is 2.08 bits per heavy atom. The summed E-state index contributed by atoms with van der Waals surface area (Å²) in [5, 5.41) is 11.8. The summed E-state index contributed by atoms with van der Waals surface area (Å²) in [4.78, 5) is 15.1. The van der Waals surface area contributed by atoms with Crippen molar-refractivity contribution in [3.05, 3.63) is 65.6 Å². The summed E-state index contributed by atoms with van der Waals surface area (Å²) < 4.78 is 7.83. The fraction of sp³-hybridized carbons (Fsp3) is 0.300. The minimum absolute atomic E-state index is 0.197. The van der Waals surface area contributed by atoms with Gasteiger partial charge in [-0.05, 0) is 49.2 Å².